The minimum absolute atomic E-state index is 0.680. The summed E-state index contributed by atoms with van der Waals surface area (Å²) in [5, 5.41) is 9.63. The van der Waals surface area contributed by atoms with Crippen LogP contribution in [0.25, 0.3) is 10.9 Å². The molecule has 21 heavy (non-hydrogen) atoms. The van der Waals surface area contributed by atoms with Crippen molar-refractivity contribution in [2.75, 3.05) is 0 Å². The number of aromatic nitrogens is 3. The summed E-state index contributed by atoms with van der Waals surface area (Å²) < 4.78 is 1.83. The molecule has 0 fully saturated rings. The molecule has 0 aliphatic carbocycles. The Morgan fingerprint density at radius 1 is 1.19 bits per heavy atom. The van der Waals surface area contributed by atoms with Gasteiger partial charge in [-0.1, -0.05) is 35.9 Å². The largest absolute Gasteiger partial charge is 0.307 e. The molecule has 0 aliphatic heterocycles. The normalized spacial score (nSPS) is 11.2. The van der Waals surface area contributed by atoms with Crippen molar-refractivity contribution in [1.82, 2.24) is 20.1 Å². The third-order valence-corrected chi connectivity index (χ3v) is 4.08. The summed E-state index contributed by atoms with van der Waals surface area (Å²) in [4.78, 5) is 4.46. The van der Waals surface area contributed by atoms with E-state index in [9.17, 15) is 0 Å². The molecule has 0 amide bonds. The van der Waals surface area contributed by atoms with E-state index in [2.05, 4.69) is 39.7 Å². The number of aryl methyl sites for hydroxylation is 2. The third-order valence-electron chi connectivity index (χ3n) is 3.59. The molecule has 0 atom stereocenters. The Balaban J connectivity index is 1.75. The molecular formula is C16H17ClN4. The summed E-state index contributed by atoms with van der Waals surface area (Å²) in [5.41, 5.74) is 4.09. The number of hydrogen-bond donors (Lipinski definition) is 1. The lowest BCUT2D eigenvalue weighted by atomic mass is 10.1. The molecule has 0 radical (unpaired) electrons. The molecule has 0 bridgehead atoms. The molecule has 1 N–H and O–H groups in total. The van der Waals surface area contributed by atoms with Crippen molar-refractivity contribution in [2.24, 2.45) is 7.05 Å². The highest BCUT2D eigenvalue weighted by Gasteiger charge is 2.10. The summed E-state index contributed by atoms with van der Waals surface area (Å²) >= 11 is 6.26. The first kappa shape index (κ1) is 14.0. The lowest BCUT2D eigenvalue weighted by molar-refractivity contribution is 0.626. The predicted octanol–water partition coefficient (Wildman–Crippen LogP) is 3.22. The molecule has 0 unspecified atom stereocenters. The van der Waals surface area contributed by atoms with Crippen LogP contribution in [0.4, 0.5) is 0 Å². The van der Waals surface area contributed by atoms with Gasteiger partial charge in [-0.25, -0.2) is 0 Å². The zero-order valence-electron chi connectivity index (χ0n) is 12.1. The number of rotatable bonds is 4. The molecule has 2 aromatic heterocycles. The third kappa shape index (κ3) is 2.77. The van der Waals surface area contributed by atoms with Gasteiger partial charge < -0.3 is 5.32 Å². The Kier molecular flexibility index (Phi) is 3.90. The van der Waals surface area contributed by atoms with Gasteiger partial charge in [0.25, 0.3) is 0 Å². The Hall–Kier alpha value is -1.91. The maximum absolute atomic E-state index is 6.26. The summed E-state index contributed by atoms with van der Waals surface area (Å²) in [6.07, 6.45) is 1.83. The number of benzene rings is 1. The second-order valence-corrected chi connectivity index (χ2v) is 5.44. The van der Waals surface area contributed by atoms with Crippen LogP contribution in [-0.4, -0.2) is 14.8 Å². The number of para-hydroxylation sites is 1. The maximum Gasteiger partial charge on any atom is 0.0860 e. The van der Waals surface area contributed by atoms with Crippen LogP contribution in [-0.2, 0) is 20.1 Å². The summed E-state index contributed by atoms with van der Waals surface area (Å²) in [6.45, 7) is 3.34. The van der Waals surface area contributed by atoms with Crippen LogP contribution in [0.5, 0.6) is 0 Å². The minimum atomic E-state index is 0.680. The van der Waals surface area contributed by atoms with Gasteiger partial charge in [-0.2, -0.15) is 5.10 Å². The van der Waals surface area contributed by atoms with E-state index in [1.807, 2.05) is 30.9 Å². The van der Waals surface area contributed by atoms with Crippen molar-refractivity contribution in [3.63, 3.8) is 0 Å². The molecule has 108 valence electrons. The number of nitrogens with one attached hydrogen (secondary N) is 1. The van der Waals surface area contributed by atoms with Crippen molar-refractivity contribution in [3.8, 4) is 0 Å². The molecule has 4 nitrogen and oxygen atoms in total. The number of nitrogens with zero attached hydrogens (tertiary/aromatic N) is 3. The minimum Gasteiger partial charge on any atom is -0.307 e. The van der Waals surface area contributed by atoms with Gasteiger partial charge in [-0.15, -0.1) is 0 Å². The number of hydrogen-bond acceptors (Lipinski definition) is 3. The van der Waals surface area contributed by atoms with Gasteiger partial charge in [-0.05, 0) is 18.6 Å². The topological polar surface area (TPSA) is 42.7 Å². The Bertz CT molecular complexity index is 774. The van der Waals surface area contributed by atoms with Gasteiger partial charge in [0.1, 0.15) is 0 Å². The first-order valence-electron chi connectivity index (χ1n) is 6.88. The summed E-state index contributed by atoms with van der Waals surface area (Å²) in [6, 6.07) is 10.3. The fraction of sp³-hybridized carbons (Fsp3) is 0.250. The molecule has 2 heterocycles. The highest BCUT2D eigenvalue weighted by Crippen LogP contribution is 2.20. The molecule has 5 heteroatoms. The number of pyridine rings is 1. The van der Waals surface area contributed by atoms with Crippen molar-refractivity contribution in [2.45, 2.75) is 20.0 Å². The van der Waals surface area contributed by atoms with Gasteiger partial charge in [0.2, 0.25) is 0 Å². The van der Waals surface area contributed by atoms with E-state index < -0.39 is 0 Å². The van der Waals surface area contributed by atoms with E-state index in [-0.39, 0.29) is 0 Å². The van der Waals surface area contributed by atoms with Crippen molar-refractivity contribution in [1.29, 1.82) is 0 Å². The van der Waals surface area contributed by atoms with Crippen LogP contribution >= 0.6 is 11.6 Å². The fourth-order valence-electron chi connectivity index (χ4n) is 2.50. The lowest BCUT2D eigenvalue weighted by Gasteiger charge is -2.08. The van der Waals surface area contributed by atoms with Crippen LogP contribution < -0.4 is 5.32 Å². The van der Waals surface area contributed by atoms with Gasteiger partial charge >= 0.3 is 0 Å². The number of fused-ring (bicyclic) bond motifs is 1. The van der Waals surface area contributed by atoms with Crippen LogP contribution in [0.1, 0.15) is 17.0 Å². The Morgan fingerprint density at radius 2 is 2.00 bits per heavy atom. The molecule has 3 aromatic rings. The average molecular weight is 301 g/mol. The quantitative estimate of drug-likeness (QED) is 0.804. The van der Waals surface area contributed by atoms with E-state index in [0.717, 1.165) is 33.9 Å². The molecule has 0 saturated heterocycles. The predicted molar refractivity (Wildman–Crippen MR) is 85.2 cm³/mol. The fourth-order valence-corrected chi connectivity index (χ4v) is 2.72. The van der Waals surface area contributed by atoms with E-state index in [4.69, 9.17) is 11.6 Å². The van der Waals surface area contributed by atoms with E-state index in [0.29, 0.717) is 6.54 Å². The number of halogens is 1. The first-order valence-corrected chi connectivity index (χ1v) is 7.26. The zero-order chi connectivity index (χ0) is 14.8. The highest BCUT2D eigenvalue weighted by atomic mass is 35.5. The molecule has 1 aromatic carbocycles. The first-order chi connectivity index (χ1) is 10.2. The van der Waals surface area contributed by atoms with E-state index >= 15 is 0 Å². The Morgan fingerprint density at radius 3 is 2.76 bits per heavy atom. The molecule has 0 saturated carbocycles. The average Bonchev–Trinajstić information content (AvgIpc) is 2.73. The maximum atomic E-state index is 6.26. The lowest BCUT2D eigenvalue weighted by Crippen LogP contribution is -2.16. The second-order valence-electron chi connectivity index (χ2n) is 5.07. The molecule has 3 rings (SSSR count). The van der Waals surface area contributed by atoms with Crippen LogP contribution in [0.2, 0.25) is 5.02 Å². The highest BCUT2D eigenvalue weighted by molar-refractivity contribution is 6.31. The molecule has 0 aliphatic rings. The van der Waals surface area contributed by atoms with Gasteiger partial charge in [0, 0.05) is 31.7 Å². The standard InChI is InChI=1S/C16H17ClN4/c1-11-15(17)14(21(2)20-11)10-18-9-13-6-3-5-12-7-4-8-19-16(12)13/h3-8,18H,9-10H2,1-2H3. The van der Waals surface area contributed by atoms with E-state index in [1.54, 1.807) is 0 Å². The Labute approximate surface area is 128 Å². The van der Waals surface area contributed by atoms with Crippen LogP contribution in [0.15, 0.2) is 36.5 Å². The van der Waals surface area contributed by atoms with Gasteiger partial charge in [-0.3, -0.25) is 9.67 Å². The summed E-state index contributed by atoms with van der Waals surface area (Å²) in [7, 11) is 1.91. The van der Waals surface area contributed by atoms with Gasteiger partial charge in [0.05, 0.1) is 21.9 Å². The molecule has 0 spiro atoms. The van der Waals surface area contributed by atoms with Crippen molar-refractivity contribution >= 4 is 22.5 Å². The van der Waals surface area contributed by atoms with Crippen molar-refractivity contribution in [3.05, 3.63) is 58.5 Å². The van der Waals surface area contributed by atoms with Crippen LogP contribution in [0, 0.1) is 6.92 Å². The monoisotopic (exact) mass is 300 g/mol. The summed E-state index contributed by atoms with van der Waals surface area (Å²) in [5.74, 6) is 0. The van der Waals surface area contributed by atoms with Gasteiger partial charge in [0.15, 0.2) is 0 Å². The SMILES string of the molecule is Cc1nn(C)c(CNCc2cccc3cccnc23)c1Cl. The zero-order valence-corrected chi connectivity index (χ0v) is 12.9. The molecular weight excluding hydrogens is 284 g/mol. The van der Waals surface area contributed by atoms with Crippen LogP contribution in [0.3, 0.4) is 0 Å². The van der Waals surface area contributed by atoms with Crippen molar-refractivity contribution < 1.29 is 0 Å². The smallest absolute Gasteiger partial charge is 0.0860 e. The van der Waals surface area contributed by atoms with E-state index in [1.165, 1.54) is 5.56 Å². The second kappa shape index (κ2) is 5.84.